The van der Waals surface area contributed by atoms with Gasteiger partial charge in [0.1, 0.15) is 11.8 Å². The number of methoxy groups -OCH3 is 1. The van der Waals surface area contributed by atoms with E-state index >= 15 is 0 Å². The van der Waals surface area contributed by atoms with Crippen molar-refractivity contribution in [3.8, 4) is 5.75 Å². The van der Waals surface area contributed by atoms with Gasteiger partial charge in [-0.05, 0) is 32.9 Å². The molecular weight excluding hydrogens is 242 g/mol. The Morgan fingerprint density at radius 2 is 2.05 bits per heavy atom. The number of rotatable bonds is 4. The van der Waals surface area contributed by atoms with Crippen LogP contribution in [0.25, 0.3) is 0 Å². The highest BCUT2D eigenvalue weighted by molar-refractivity contribution is 5.33. The van der Waals surface area contributed by atoms with Crippen molar-refractivity contribution in [1.29, 1.82) is 0 Å². The molecule has 2 aromatic heterocycles. The summed E-state index contributed by atoms with van der Waals surface area (Å²) < 4.78 is 7.04. The lowest BCUT2D eigenvalue weighted by Gasteiger charge is -2.17. The zero-order chi connectivity index (χ0) is 14.0. The van der Waals surface area contributed by atoms with Crippen LogP contribution in [-0.4, -0.2) is 27.0 Å². The van der Waals surface area contributed by atoms with Crippen LogP contribution < -0.4 is 4.74 Å². The van der Waals surface area contributed by atoms with Gasteiger partial charge in [-0.3, -0.25) is 9.67 Å². The van der Waals surface area contributed by atoms with Crippen LogP contribution in [0.5, 0.6) is 5.75 Å². The van der Waals surface area contributed by atoms with Gasteiger partial charge in [0.05, 0.1) is 19.0 Å². The van der Waals surface area contributed by atoms with Gasteiger partial charge in [0, 0.05) is 11.7 Å². The van der Waals surface area contributed by atoms with E-state index in [4.69, 9.17) is 4.74 Å². The minimum absolute atomic E-state index is 0.137. The standard InChI is InChI=1S/C14H19N3O2/c1-9(2)17-13(12(19-4)8-15-17)14(18)11-7-5-6-10(3)16-11/h5-9,14,18H,1-4H3. The molecule has 0 spiro atoms. The molecule has 0 amide bonds. The fourth-order valence-corrected chi connectivity index (χ4v) is 2.04. The molecular formula is C14H19N3O2. The van der Waals surface area contributed by atoms with Crippen molar-refractivity contribution in [3.05, 3.63) is 41.5 Å². The Kier molecular flexibility index (Phi) is 3.85. The first-order valence-electron chi connectivity index (χ1n) is 6.27. The van der Waals surface area contributed by atoms with Crippen LogP contribution in [0.2, 0.25) is 0 Å². The molecule has 5 heteroatoms. The highest BCUT2D eigenvalue weighted by Crippen LogP contribution is 2.30. The zero-order valence-electron chi connectivity index (χ0n) is 11.7. The van der Waals surface area contributed by atoms with E-state index in [2.05, 4.69) is 10.1 Å². The monoisotopic (exact) mass is 261 g/mol. The smallest absolute Gasteiger partial charge is 0.163 e. The Labute approximate surface area is 112 Å². The van der Waals surface area contributed by atoms with Crippen LogP contribution in [0.4, 0.5) is 0 Å². The molecule has 0 saturated carbocycles. The summed E-state index contributed by atoms with van der Waals surface area (Å²) in [5.41, 5.74) is 2.10. The van der Waals surface area contributed by atoms with Crippen LogP contribution in [0.15, 0.2) is 24.4 Å². The Bertz CT molecular complexity index is 564. The minimum atomic E-state index is -0.847. The normalized spacial score (nSPS) is 12.7. The first kappa shape index (κ1) is 13.5. The second-order valence-corrected chi connectivity index (χ2v) is 4.74. The maximum Gasteiger partial charge on any atom is 0.163 e. The second kappa shape index (κ2) is 5.40. The number of aliphatic hydroxyl groups excluding tert-OH is 1. The summed E-state index contributed by atoms with van der Waals surface area (Å²) >= 11 is 0. The Balaban J connectivity index is 2.48. The molecule has 102 valence electrons. The van der Waals surface area contributed by atoms with Crippen molar-refractivity contribution >= 4 is 0 Å². The third-order valence-corrected chi connectivity index (χ3v) is 2.96. The van der Waals surface area contributed by atoms with Gasteiger partial charge in [-0.25, -0.2) is 0 Å². The molecule has 2 rings (SSSR count). The first-order valence-corrected chi connectivity index (χ1v) is 6.27. The topological polar surface area (TPSA) is 60.2 Å². The summed E-state index contributed by atoms with van der Waals surface area (Å²) in [5, 5.41) is 14.8. The molecule has 1 unspecified atom stereocenters. The van der Waals surface area contributed by atoms with Crippen LogP contribution in [-0.2, 0) is 0 Å². The summed E-state index contributed by atoms with van der Waals surface area (Å²) in [7, 11) is 1.57. The van der Waals surface area contributed by atoms with Gasteiger partial charge in [-0.2, -0.15) is 5.10 Å². The van der Waals surface area contributed by atoms with Crippen molar-refractivity contribution in [2.75, 3.05) is 7.11 Å². The Morgan fingerprint density at radius 3 is 2.63 bits per heavy atom. The largest absolute Gasteiger partial charge is 0.493 e. The quantitative estimate of drug-likeness (QED) is 0.917. The van der Waals surface area contributed by atoms with E-state index in [1.165, 1.54) is 0 Å². The Hall–Kier alpha value is -1.88. The molecule has 1 N–H and O–H groups in total. The molecule has 2 heterocycles. The summed E-state index contributed by atoms with van der Waals surface area (Å²) in [6.45, 7) is 5.91. The predicted octanol–water partition coefficient (Wildman–Crippen LogP) is 2.26. The molecule has 0 aliphatic rings. The van der Waals surface area contributed by atoms with Gasteiger partial charge in [0.15, 0.2) is 5.75 Å². The molecule has 0 aliphatic carbocycles. The van der Waals surface area contributed by atoms with Crippen molar-refractivity contribution in [3.63, 3.8) is 0 Å². The number of hydrogen-bond donors (Lipinski definition) is 1. The van der Waals surface area contributed by atoms with Gasteiger partial charge in [0.25, 0.3) is 0 Å². The summed E-state index contributed by atoms with van der Waals surface area (Å²) in [4.78, 5) is 4.36. The number of ether oxygens (including phenoxy) is 1. The van der Waals surface area contributed by atoms with Crippen molar-refractivity contribution in [2.24, 2.45) is 0 Å². The number of aromatic nitrogens is 3. The van der Waals surface area contributed by atoms with E-state index < -0.39 is 6.10 Å². The van der Waals surface area contributed by atoms with Crippen LogP contribution in [0.3, 0.4) is 0 Å². The van der Waals surface area contributed by atoms with E-state index in [-0.39, 0.29) is 6.04 Å². The lowest BCUT2D eigenvalue weighted by atomic mass is 10.1. The van der Waals surface area contributed by atoms with Gasteiger partial charge < -0.3 is 9.84 Å². The third-order valence-electron chi connectivity index (χ3n) is 2.96. The number of nitrogens with zero attached hydrogens (tertiary/aromatic N) is 3. The number of hydrogen-bond acceptors (Lipinski definition) is 4. The lowest BCUT2D eigenvalue weighted by molar-refractivity contribution is 0.195. The molecule has 2 aromatic rings. The van der Waals surface area contributed by atoms with E-state index in [9.17, 15) is 5.11 Å². The third kappa shape index (κ3) is 2.61. The highest BCUT2D eigenvalue weighted by atomic mass is 16.5. The van der Waals surface area contributed by atoms with Gasteiger partial charge in [-0.1, -0.05) is 6.07 Å². The summed E-state index contributed by atoms with van der Waals surface area (Å²) in [6.07, 6.45) is 0.772. The SMILES string of the molecule is COc1cnn(C(C)C)c1C(O)c1cccc(C)n1. The molecule has 0 saturated heterocycles. The predicted molar refractivity (Wildman–Crippen MR) is 72.2 cm³/mol. The summed E-state index contributed by atoms with van der Waals surface area (Å²) in [6, 6.07) is 5.71. The fourth-order valence-electron chi connectivity index (χ4n) is 2.04. The fraction of sp³-hybridized carbons (Fsp3) is 0.429. The molecule has 19 heavy (non-hydrogen) atoms. The van der Waals surface area contributed by atoms with Gasteiger partial charge in [0.2, 0.25) is 0 Å². The van der Waals surface area contributed by atoms with Crippen LogP contribution in [0, 0.1) is 6.92 Å². The number of aryl methyl sites for hydroxylation is 1. The zero-order valence-corrected chi connectivity index (χ0v) is 11.7. The summed E-state index contributed by atoms with van der Waals surface area (Å²) in [5.74, 6) is 0.574. The maximum absolute atomic E-state index is 10.5. The second-order valence-electron chi connectivity index (χ2n) is 4.74. The van der Waals surface area contributed by atoms with E-state index in [1.807, 2.05) is 32.9 Å². The molecule has 1 atom stereocenters. The van der Waals surface area contributed by atoms with E-state index in [0.717, 1.165) is 5.69 Å². The van der Waals surface area contributed by atoms with Crippen molar-refractivity contribution in [2.45, 2.75) is 32.9 Å². The van der Waals surface area contributed by atoms with E-state index in [1.54, 1.807) is 24.1 Å². The Morgan fingerprint density at radius 1 is 1.32 bits per heavy atom. The molecule has 0 aliphatic heterocycles. The average Bonchev–Trinajstić information content (AvgIpc) is 2.81. The van der Waals surface area contributed by atoms with Gasteiger partial charge >= 0.3 is 0 Å². The minimum Gasteiger partial charge on any atom is -0.493 e. The average molecular weight is 261 g/mol. The molecule has 0 fully saturated rings. The van der Waals surface area contributed by atoms with Crippen molar-refractivity contribution in [1.82, 2.24) is 14.8 Å². The molecule has 0 aromatic carbocycles. The number of aliphatic hydroxyl groups is 1. The molecule has 5 nitrogen and oxygen atoms in total. The van der Waals surface area contributed by atoms with Crippen LogP contribution in [0.1, 0.15) is 43.1 Å². The van der Waals surface area contributed by atoms with Gasteiger partial charge in [-0.15, -0.1) is 0 Å². The van der Waals surface area contributed by atoms with Crippen LogP contribution >= 0.6 is 0 Å². The molecule has 0 radical (unpaired) electrons. The first-order chi connectivity index (χ1) is 9.04. The highest BCUT2D eigenvalue weighted by Gasteiger charge is 2.23. The number of pyridine rings is 1. The lowest BCUT2D eigenvalue weighted by Crippen LogP contribution is -2.14. The van der Waals surface area contributed by atoms with E-state index in [0.29, 0.717) is 17.1 Å². The molecule has 0 bridgehead atoms. The van der Waals surface area contributed by atoms with Crippen molar-refractivity contribution < 1.29 is 9.84 Å². The maximum atomic E-state index is 10.5.